The lowest BCUT2D eigenvalue weighted by Gasteiger charge is -2.12. The summed E-state index contributed by atoms with van der Waals surface area (Å²) in [4.78, 5) is 0. The van der Waals surface area contributed by atoms with Crippen LogP contribution in [0.3, 0.4) is 0 Å². The van der Waals surface area contributed by atoms with Gasteiger partial charge in [-0.15, -0.1) is 0 Å². The quantitative estimate of drug-likeness (QED) is 0.808. The third-order valence-corrected chi connectivity index (χ3v) is 3.05. The number of nitrogens with one attached hydrogen (secondary N) is 1. The molecule has 2 rings (SSSR count). The molecule has 0 aromatic heterocycles. The molecule has 0 unspecified atom stereocenters. The van der Waals surface area contributed by atoms with Crippen LogP contribution in [0.1, 0.15) is 5.56 Å². The van der Waals surface area contributed by atoms with Crippen molar-refractivity contribution in [1.29, 1.82) is 0 Å². The second-order valence-electron chi connectivity index (χ2n) is 3.94. The van der Waals surface area contributed by atoms with Gasteiger partial charge in [-0.3, -0.25) is 0 Å². The molecule has 0 saturated heterocycles. The molecular weight excluding hydrogens is 302 g/mol. The van der Waals surface area contributed by atoms with E-state index in [2.05, 4.69) is 21.2 Å². The number of halogens is 3. The summed E-state index contributed by atoms with van der Waals surface area (Å²) in [6, 6.07) is 7.66. The summed E-state index contributed by atoms with van der Waals surface area (Å²) in [5.74, 6) is -1.89. The summed E-state index contributed by atoms with van der Waals surface area (Å²) in [7, 11) is 0. The van der Waals surface area contributed by atoms with Gasteiger partial charge in [-0.25, -0.2) is 8.78 Å². The Hall–Kier alpha value is -1.62. The molecule has 0 saturated carbocycles. The van der Waals surface area contributed by atoms with Crippen molar-refractivity contribution < 1.29 is 8.78 Å². The Morgan fingerprint density at radius 1 is 1.06 bits per heavy atom. The Bertz CT molecular complexity index is 600. The van der Waals surface area contributed by atoms with Crippen LogP contribution in [-0.2, 0) is 0 Å². The molecule has 0 heterocycles. The monoisotopic (exact) mass is 312 g/mol. The van der Waals surface area contributed by atoms with Crippen LogP contribution < -0.4 is 11.1 Å². The lowest BCUT2D eigenvalue weighted by atomic mass is 10.2. The second kappa shape index (κ2) is 4.94. The molecule has 94 valence electrons. The van der Waals surface area contributed by atoms with E-state index >= 15 is 0 Å². The molecule has 2 nitrogen and oxygen atoms in total. The zero-order valence-corrected chi connectivity index (χ0v) is 11.2. The van der Waals surface area contributed by atoms with E-state index in [1.165, 1.54) is 0 Å². The zero-order chi connectivity index (χ0) is 13.3. The lowest BCUT2D eigenvalue weighted by molar-refractivity contribution is 0.509. The third-order valence-electron chi connectivity index (χ3n) is 2.56. The van der Waals surface area contributed by atoms with Crippen LogP contribution in [-0.4, -0.2) is 0 Å². The molecule has 2 aromatic carbocycles. The maximum Gasteiger partial charge on any atom is 0.161 e. The fourth-order valence-corrected chi connectivity index (χ4v) is 1.91. The number of hydrogen-bond donors (Lipinski definition) is 2. The van der Waals surface area contributed by atoms with E-state index in [0.717, 1.165) is 27.9 Å². The van der Waals surface area contributed by atoms with E-state index in [1.807, 2.05) is 25.1 Å². The fourth-order valence-electron chi connectivity index (χ4n) is 1.54. The van der Waals surface area contributed by atoms with Gasteiger partial charge in [-0.05, 0) is 24.6 Å². The van der Waals surface area contributed by atoms with Gasteiger partial charge < -0.3 is 11.1 Å². The van der Waals surface area contributed by atoms with E-state index in [-0.39, 0.29) is 5.69 Å². The van der Waals surface area contributed by atoms with Crippen molar-refractivity contribution in [2.45, 2.75) is 6.92 Å². The highest BCUT2D eigenvalue weighted by atomic mass is 79.9. The van der Waals surface area contributed by atoms with Crippen LogP contribution in [0.4, 0.5) is 25.8 Å². The van der Waals surface area contributed by atoms with E-state index in [0.29, 0.717) is 5.69 Å². The largest absolute Gasteiger partial charge is 0.397 e. The normalized spacial score (nSPS) is 10.4. The predicted molar refractivity (Wildman–Crippen MR) is 72.9 cm³/mol. The standard InChI is InChI=1S/C13H11BrF2N2/c1-7-2-3-8(14)4-12(7)18-13-6-10(16)9(15)5-11(13)17/h2-6,18H,17H2,1H3. The molecule has 18 heavy (non-hydrogen) atoms. The highest BCUT2D eigenvalue weighted by Crippen LogP contribution is 2.29. The summed E-state index contributed by atoms with van der Waals surface area (Å²) in [5, 5.41) is 2.99. The summed E-state index contributed by atoms with van der Waals surface area (Å²) in [6.07, 6.45) is 0. The van der Waals surface area contributed by atoms with Gasteiger partial charge >= 0.3 is 0 Å². The highest BCUT2D eigenvalue weighted by Gasteiger charge is 2.09. The van der Waals surface area contributed by atoms with Crippen molar-refractivity contribution in [3.05, 3.63) is 52.0 Å². The Kier molecular flexibility index (Phi) is 3.52. The van der Waals surface area contributed by atoms with Crippen molar-refractivity contribution in [3.8, 4) is 0 Å². The molecule has 2 aromatic rings. The van der Waals surface area contributed by atoms with Crippen LogP contribution in [0.2, 0.25) is 0 Å². The number of benzene rings is 2. The maximum atomic E-state index is 13.2. The molecule has 0 fully saturated rings. The molecule has 0 amide bonds. The first-order valence-electron chi connectivity index (χ1n) is 5.25. The molecule has 0 aliphatic rings. The van der Waals surface area contributed by atoms with Gasteiger partial charge in [0.2, 0.25) is 0 Å². The number of aryl methyl sites for hydroxylation is 1. The molecule has 0 spiro atoms. The highest BCUT2D eigenvalue weighted by molar-refractivity contribution is 9.10. The maximum absolute atomic E-state index is 13.2. The van der Waals surface area contributed by atoms with Crippen LogP contribution in [0.5, 0.6) is 0 Å². The summed E-state index contributed by atoms with van der Waals surface area (Å²) >= 11 is 3.35. The SMILES string of the molecule is Cc1ccc(Br)cc1Nc1cc(F)c(F)cc1N. The topological polar surface area (TPSA) is 38.0 Å². The van der Waals surface area contributed by atoms with Crippen molar-refractivity contribution in [2.75, 3.05) is 11.1 Å². The molecular formula is C13H11BrF2N2. The van der Waals surface area contributed by atoms with Crippen molar-refractivity contribution in [1.82, 2.24) is 0 Å². The van der Waals surface area contributed by atoms with Gasteiger partial charge in [0.05, 0.1) is 11.4 Å². The predicted octanol–water partition coefficient (Wildman–Crippen LogP) is 4.36. The van der Waals surface area contributed by atoms with E-state index in [9.17, 15) is 8.78 Å². The van der Waals surface area contributed by atoms with Gasteiger partial charge in [-0.1, -0.05) is 22.0 Å². The number of hydrogen-bond acceptors (Lipinski definition) is 2. The Morgan fingerprint density at radius 2 is 1.72 bits per heavy atom. The minimum absolute atomic E-state index is 0.160. The Morgan fingerprint density at radius 3 is 2.44 bits per heavy atom. The lowest BCUT2D eigenvalue weighted by Crippen LogP contribution is -2.00. The minimum Gasteiger partial charge on any atom is -0.397 e. The van der Waals surface area contributed by atoms with Gasteiger partial charge in [0.1, 0.15) is 0 Å². The van der Waals surface area contributed by atoms with Crippen molar-refractivity contribution in [2.24, 2.45) is 0 Å². The number of nitrogen functional groups attached to an aromatic ring is 1. The average molecular weight is 313 g/mol. The molecule has 3 N–H and O–H groups in total. The molecule has 0 aliphatic carbocycles. The van der Waals surface area contributed by atoms with Gasteiger partial charge in [0, 0.05) is 22.3 Å². The van der Waals surface area contributed by atoms with Crippen LogP contribution in [0, 0.1) is 18.6 Å². The Balaban J connectivity index is 2.40. The third kappa shape index (κ3) is 2.61. The van der Waals surface area contributed by atoms with Crippen LogP contribution in [0.25, 0.3) is 0 Å². The van der Waals surface area contributed by atoms with E-state index in [4.69, 9.17) is 5.73 Å². The summed E-state index contributed by atoms with van der Waals surface area (Å²) in [5.41, 5.74) is 7.90. The van der Waals surface area contributed by atoms with Crippen molar-refractivity contribution >= 4 is 33.0 Å². The Labute approximate surface area is 112 Å². The second-order valence-corrected chi connectivity index (χ2v) is 4.85. The summed E-state index contributed by atoms with van der Waals surface area (Å²) < 4.78 is 27.0. The number of nitrogens with two attached hydrogens (primary N) is 1. The van der Waals surface area contributed by atoms with E-state index in [1.54, 1.807) is 0 Å². The van der Waals surface area contributed by atoms with Gasteiger partial charge in [0.25, 0.3) is 0 Å². The van der Waals surface area contributed by atoms with E-state index < -0.39 is 11.6 Å². The first kappa shape index (κ1) is 12.8. The summed E-state index contributed by atoms with van der Waals surface area (Å²) in [6.45, 7) is 1.91. The molecule has 0 bridgehead atoms. The molecule has 0 atom stereocenters. The van der Waals surface area contributed by atoms with Gasteiger partial charge in [-0.2, -0.15) is 0 Å². The van der Waals surface area contributed by atoms with Gasteiger partial charge in [0.15, 0.2) is 11.6 Å². The molecule has 5 heteroatoms. The number of anilines is 3. The smallest absolute Gasteiger partial charge is 0.161 e. The first-order valence-corrected chi connectivity index (χ1v) is 6.04. The van der Waals surface area contributed by atoms with Crippen LogP contribution >= 0.6 is 15.9 Å². The minimum atomic E-state index is -0.955. The van der Waals surface area contributed by atoms with Crippen molar-refractivity contribution in [3.63, 3.8) is 0 Å². The molecule has 0 radical (unpaired) electrons. The first-order chi connectivity index (χ1) is 8.47. The average Bonchev–Trinajstić information content (AvgIpc) is 2.30. The number of rotatable bonds is 2. The molecule has 0 aliphatic heterocycles. The fraction of sp³-hybridized carbons (Fsp3) is 0.0769. The van der Waals surface area contributed by atoms with Crippen LogP contribution in [0.15, 0.2) is 34.8 Å². The zero-order valence-electron chi connectivity index (χ0n) is 9.60.